The second-order valence-corrected chi connectivity index (χ2v) is 8.73. The highest BCUT2D eigenvalue weighted by molar-refractivity contribution is 7.80. The Morgan fingerprint density at radius 2 is 1.33 bits per heavy atom. The van der Waals surface area contributed by atoms with Gasteiger partial charge in [-0.15, -0.1) is 5.10 Å². The minimum Gasteiger partial charge on any atom is -0.352 e. The van der Waals surface area contributed by atoms with Crippen LogP contribution in [-0.4, -0.2) is 15.3 Å². The van der Waals surface area contributed by atoms with Crippen molar-refractivity contribution in [2.45, 2.75) is 18.9 Å². The van der Waals surface area contributed by atoms with Crippen LogP contribution in [0.25, 0.3) is 28.1 Å². The van der Waals surface area contributed by atoms with E-state index in [0.29, 0.717) is 5.11 Å². The Kier molecular flexibility index (Phi) is 4.96. The summed E-state index contributed by atoms with van der Waals surface area (Å²) in [5.74, 6) is 0. The zero-order chi connectivity index (χ0) is 22.2. The van der Waals surface area contributed by atoms with E-state index in [1.165, 1.54) is 11.1 Å². The SMILES string of the molecule is S=C1NC2=C(CCc3nnc(-c4ccccc4)c(-c4ccccc4)c32)C(c2ccccc2)N1. The summed E-state index contributed by atoms with van der Waals surface area (Å²) in [6, 6.07) is 31.3. The van der Waals surface area contributed by atoms with Gasteiger partial charge in [0.2, 0.25) is 0 Å². The number of hydrogen-bond acceptors (Lipinski definition) is 3. The van der Waals surface area contributed by atoms with Crippen LogP contribution >= 0.6 is 12.2 Å². The third-order valence-corrected chi connectivity index (χ3v) is 6.57. The molecule has 1 aliphatic heterocycles. The van der Waals surface area contributed by atoms with Crippen LogP contribution in [0.15, 0.2) is 96.6 Å². The quantitative estimate of drug-likeness (QED) is 0.396. The molecule has 0 spiro atoms. The predicted molar refractivity (Wildman–Crippen MR) is 136 cm³/mol. The highest BCUT2D eigenvalue weighted by Crippen LogP contribution is 2.44. The van der Waals surface area contributed by atoms with Crippen LogP contribution in [0.4, 0.5) is 0 Å². The van der Waals surface area contributed by atoms with Gasteiger partial charge in [-0.2, -0.15) is 5.10 Å². The normalized spacial score (nSPS) is 17.0. The number of thiocarbonyl (C=S) groups is 1. The van der Waals surface area contributed by atoms with Gasteiger partial charge in [-0.05, 0) is 41.8 Å². The molecule has 33 heavy (non-hydrogen) atoms. The maximum atomic E-state index is 5.67. The van der Waals surface area contributed by atoms with E-state index in [1.807, 2.05) is 30.3 Å². The van der Waals surface area contributed by atoms with Crippen LogP contribution in [0.3, 0.4) is 0 Å². The van der Waals surface area contributed by atoms with E-state index < -0.39 is 0 Å². The lowest BCUT2D eigenvalue weighted by molar-refractivity contribution is 0.658. The molecule has 1 atom stereocenters. The standard InChI is InChI=1S/C28H22N4S/c33-28-29-25(19-12-6-2-7-13-19)21-16-17-22-24(27(21)30-28)23(18-10-4-1-5-11-18)26(32-31-22)20-14-8-3-9-15-20/h1-15,25H,16-17H2,(H2,29,30,33). The first-order valence-corrected chi connectivity index (χ1v) is 11.6. The summed E-state index contributed by atoms with van der Waals surface area (Å²) in [7, 11) is 0. The van der Waals surface area contributed by atoms with E-state index in [2.05, 4.69) is 71.3 Å². The van der Waals surface area contributed by atoms with E-state index in [4.69, 9.17) is 22.4 Å². The van der Waals surface area contributed by atoms with Crippen molar-refractivity contribution in [2.24, 2.45) is 0 Å². The first-order chi connectivity index (χ1) is 16.3. The molecule has 1 aromatic heterocycles. The van der Waals surface area contributed by atoms with Crippen LogP contribution < -0.4 is 10.6 Å². The zero-order valence-electron chi connectivity index (χ0n) is 18.0. The van der Waals surface area contributed by atoms with Gasteiger partial charge in [-0.3, -0.25) is 0 Å². The predicted octanol–water partition coefficient (Wildman–Crippen LogP) is 5.69. The molecule has 0 radical (unpaired) electrons. The minimum atomic E-state index is 0.0417. The Labute approximate surface area is 198 Å². The summed E-state index contributed by atoms with van der Waals surface area (Å²) in [6.45, 7) is 0. The Balaban J connectivity index is 1.64. The van der Waals surface area contributed by atoms with E-state index >= 15 is 0 Å². The Bertz CT molecular complexity index is 1370. The largest absolute Gasteiger partial charge is 0.352 e. The van der Waals surface area contributed by atoms with E-state index in [-0.39, 0.29) is 6.04 Å². The first kappa shape index (κ1) is 19.8. The maximum absolute atomic E-state index is 5.67. The number of hydrogen-bond donors (Lipinski definition) is 2. The summed E-state index contributed by atoms with van der Waals surface area (Å²) >= 11 is 5.67. The third-order valence-electron chi connectivity index (χ3n) is 6.35. The van der Waals surface area contributed by atoms with Gasteiger partial charge in [0.05, 0.1) is 17.4 Å². The van der Waals surface area contributed by atoms with Crippen molar-refractivity contribution in [3.05, 3.63) is 113 Å². The Morgan fingerprint density at radius 3 is 2.03 bits per heavy atom. The summed E-state index contributed by atoms with van der Waals surface area (Å²) in [5, 5.41) is 17.1. The molecule has 0 saturated carbocycles. The molecule has 1 aliphatic carbocycles. The van der Waals surface area contributed by atoms with Gasteiger partial charge in [0.15, 0.2) is 5.11 Å². The van der Waals surface area contributed by atoms with Crippen LogP contribution in [0.5, 0.6) is 0 Å². The van der Waals surface area contributed by atoms with Gasteiger partial charge in [0.1, 0.15) is 5.69 Å². The van der Waals surface area contributed by atoms with Crippen LogP contribution in [0.1, 0.15) is 29.3 Å². The second-order valence-electron chi connectivity index (χ2n) is 8.32. The highest BCUT2D eigenvalue weighted by Gasteiger charge is 2.34. The van der Waals surface area contributed by atoms with Gasteiger partial charge < -0.3 is 10.6 Å². The van der Waals surface area contributed by atoms with Crippen LogP contribution in [0, 0.1) is 0 Å². The van der Waals surface area contributed by atoms with E-state index in [9.17, 15) is 0 Å². The van der Waals surface area contributed by atoms with Gasteiger partial charge in [0.25, 0.3) is 0 Å². The number of benzene rings is 3. The summed E-state index contributed by atoms with van der Waals surface area (Å²) in [6.07, 6.45) is 1.74. The smallest absolute Gasteiger partial charge is 0.171 e. The van der Waals surface area contributed by atoms with Crippen molar-refractivity contribution < 1.29 is 0 Å². The van der Waals surface area contributed by atoms with Crippen molar-refractivity contribution in [3.8, 4) is 22.4 Å². The van der Waals surface area contributed by atoms with Crippen LogP contribution in [0.2, 0.25) is 0 Å². The fourth-order valence-corrected chi connectivity index (χ4v) is 5.09. The molecule has 0 amide bonds. The van der Waals surface area contributed by atoms with Crippen molar-refractivity contribution in [2.75, 3.05) is 0 Å². The molecule has 6 rings (SSSR count). The average molecular weight is 447 g/mol. The molecule has 0 saturated heterocycles. The average Bonchev–Trinajstić information content (AvgIpc) is 2.89. The number of aromatic nitrogens is 2. The molecule has 2 aliphatic rings. The van der Waals surface area contributed by atoms with E-state index in [0.717, 1.165) is 52.2 Å². The monoisotopic (exact) mass is 446 g/mol. The Hall–Kier alpha value is -3.83. The van der Waals surface area contributed by atoms with Gasteiger partial charge in [-0.25, -0.2) is 0 Å². The summed E-state index contributed by atoms with van der Waals surface area (Å²) in [4.78, 5) is 0. The van der Waals surface area contributed by atoms with Crippen molar-refractivity contribution in [3.63, 3.8) is 0 Å². The van der Waals surface area contributed by atoms with Gasteiger partial charge in [0, 0.05) is 16.7 Å². The number of aryl methyl sites for hydroxylation is 1. The highest BCUT2D eigenvalue weighted by atomic mass is 32.1. The molecule has 4 nitrogen and oxygen atoms in total. The number of rotatable bonds is 3. The summed E-state index contributed by atoms with van der Waals surface area (Å²) < 4.78 is 0. The number of nitrogens with one attached hydrogen (secondary N) is 2. The number of fused-ring (bicyclic) bond motifs is 2. The zero-order valence-corrected chi connectivity index (χ0v) is 18.8. The van der Waals surface area contributed by atoms with Gasteiger partial charge >= 0.3 is 0 Å². The lowest BCUT2D eigenvalue weighted by Gasteiger charge is -2.36. The lowest BCUT2D eigenvalue weighted by atomic mass is 9.81. The molecule has 4 aromatic rings. The molecule has 1 unspecified atom stereocenters. The van der Waals surface area contributed by atoms with Gasteiger partial charge in [-0.1, -0.05) is 91.0 Å². The van der Waals surface area contributed by atoms with Crippen molar-refractivity contribution in [1.82, 2.24) is 20.8 Å². The molecule has 0 fully saturated rings. The molecular formula is C28H22N4S. The fourth-order valence-electron chi connectivity index (χ4n) is 4.87. The molecule has 160 valence electrons. The molecule has 5 heteroatoms. The maximum Gasteiger partial charge on any atom is 0.171 e. The van der Waals surface area contributed by atoms with Crippen molar-refractivity contribution in [1.29, 1.82) is 0 Å². The lowest BCUT2D eigenvalue weighted by Crippen LogP contribution is -2.44. The topological polar surface area (TPSA) is 49.8 Å². The van der Waals surface area contributed by atoms with Crippen LogP contribution in [-0.2, 0) is 6.42 Å². The third kappa shape index (κ3) is 3.51. The van der Waals surface area contributed by atoms with E-state index in [1.54, 1.807) is 0 Å². The molecule has 2 N–H and O–H groups in total. The molecule has 2 heterocycles. The summed E-state index contributed by atoms with van der Waals surface area (Å²) in [5.41, 5.74) is 9.88. The minimum absolute atomic E-state index is 0.0417. The molecule has 3 aromatic carbocycles. The Morgan fingerprint density at radius 1 is 0.697 bits per heavy atom. The second kappa shape index (κ2) is 8.26. The van der Waals surface area contributed by atoms with Crippen molar-refractivity contribution >= 4 is 23.0 Å². The molecular weight excluding hydrogens is 424 g/mol. The number of nitrogens with zero attached hydrogens (tertiary/aromatic N) is 2. The molecule has 0 bridgehead atoms. The fraction of sp³-hybridized carbons (Fsp3) is 0.107. The first-order valence-electron chi connectivity index (χ1n) is 11.2.